The summed E-state index contributed by atoms with van der Waals surface area (Å²) < 4.78 is 33.1. The monoisotopic (exact) mass is 563 g/mol. The number of ether oxygens (including phenoxy) is 1. The molecule has 2 amide bonds. The highest BCUT2D eigenvalue weighted by atomic mass is 19.1. The summed E-state index contributed by atoms with van der Waals surface area (Å²) in [5.74, 6) is -1.42. The lowest BCUT2D eigenvalue weighted by Crippen LogP contribution is -2.32. The molecule has 10 nitrogen and oxygen atoms in total. The van der Waals surface area contributed by atoms with E-state index in [1.807, 2.05) is 0 Å². The van der Waals surface area contributed by atoms with Gasteiger partial charge in [0.15, 0.2) is 0 Å². The maximum absolute atomic E-state index is 14.5. The molecular formula is C29H31F2N7O3. The molecule has 4 aromatic rings. The van der Waals surface area contributed by atoms with Crippen LogP contribution in [0.25, 0.3) is 11.3 Å². The third-order valence-corrected chi connectivity index (χ3v) is 5.77. The largest absolute Gasteiger partial charge is 0.444 e. The van der Waals surface area contributed by atoms with E-state index in [4.69, 9.17) is 4.74 Å². The zero-order chi connectivity index (χ0) is 29.4. The first-order chi connectivity index (χ1) is 19.6. The lowest BCUT2D eigenvalue weighted by molar-refractivity contribution is 0.0522. The van der Waals surface area contributed by atoms with Crippen molar-refractivity contribution in [2.45, 2.75) is 45.9 Å². The van der Waals surface area contributed by atoms with E-state index in [1.54, 1.807) is 57.3 Å². The van der Waals surface area contributed by atoms with Crippen LogP contribution in [0.5, 0.6) is 0 Å². The van der Waals surface area contributed by atoms with Crippen LogP contribution < -0.4 is 16.1 Å². The lowest BCUT2D eigenvalue weighted by Gasteiger charge is -2.20. The van der Waals surface area contributed by atoms with E-state index in [2.05, 4.69) is 31.1 Å². The van der Waals surface area contributed by atoms with E-state index in [9.17, 15) is 18.4 Å². The number of carbonyl (C=O) groups excluding carboxylic acids is 2. The van der Waals surface area contributed by atoms with Gasteiger partial charge in [0.2, 0.25) is 5.95 Å². The van der Waals surface area contributed by atoms with Crippen LogP contribution in [-0.2, 0) is 24.2 Å². The molecule has 0 fully saturated rings. The van der Waals surface area contributed by atoms with Crippen molar-refractivity contribution in [1.82, 2.24) is 30.5 Å². The Kier molecular flexibility index (Phi) is 9.23. The van der Waals surface area contributed by atoms with Gasteiger partial charge < -0.3 is 20.8 Å². The highest BCUT2D eigenvalue weighted by molar-refractivity contribution is 5.94. The summed E-state index contributed by atoms with van der Waals surface area (Å²) in [5, 5.41) is 9.28. The van der Waals surface area contributed by atoms with Gasteiger partial charge in [-0.2, -0.15) is 9.18 Å². The van der Waals surface area contributed by atoms with Crippen LogP contribution in [0.15, 0.2) is 67.1 Å². The number of alkyl carbamates (subject to hydrolysis) is 1. The Morgan fingerprint density at radius 1 is 1.00 bits per heavy atom. The van der Waals surface area contributed by atoms with Gasteiger partial charge in [-0.1, -0.05) is 18.2 Å². The number of amides is 2. The Hall–Kier alpha value is -4.87. The average Bonchev–Trinajstić information content (AvgIpc) is 3.30. The second-order valence-electron chi connectivity index (χ2n) is 10.1. The van der Waals surface area contributed by atoms with E-state index in [0.29, 0.717) is 24.4 Å². The fourth-order valence-electron chi connectivity index (χ4n) is 3.84. The summed E-state index contributed by atoms with van der Waals surface area (Å²) >= 11 is 0. The highest BCUT2D eigenvalue weighted by Gasteiger charge is 2.17. The van der Waals surface area contributed by atoms with E-state index in [1.165, 1.54) is 35.4 Å². The van der Waals surface area contributed by atoms with Crippen molar-refractivity contribution < 1.29 is 23.1 Å². The van der Waals surface area contributed by atoms with Gasteiger partial charge in [-0.3, -0.25) is 14.8 Å². The fourth-order valence-corrected chi connectivity index (χ4v) is 3.84. The van der Waals surface area contributed by atoms with Gasteiger partial charge in [0.1, 0.15) is 11.4 Å². The third-order valence-electron chi connectivity index (χ3n) is 5.77. The zero-order valence-corrected chi connectivity index (χ0v) is 22.9. The van der Waals surface area contributed by atoms with Gasteiger partial charge in [-0.25, -0.2) is 9.18 Å². The number of nitrogens with one attached hydrogen (secondary N) is 3. The van der Waals surface area contributed by atoms with Crippen LogP contribution in [0.1, 0.15) is 48.0 Å². The molecule has 3 heterocycles. The van der Waals surface area contributed by atoms with Crippen LogP contribution >= 0.6 is 0 Å². The number of hydrogen-bond acceptors (Lipinski definition) is 7. The number of halogens is 2. The first kappa shape index (κ1) is 29.1. The Morgan fingerprint density at radius 3 is 2.56 bits per heavy atom. The van der Waals surface area contributed by atoms with Crippen molar-refractivity contribution in [3.8, 4) is 11.3 Å². The van der Waals surface area contributed by atoms with E-state index >= 15 is 0 Å². The molecule has 3 N–H and O–H groups in total. The van der Waals surface area contributed by atoms with Gasteiger partial charge in [0, 0.05) is 25.5 Å². The fraction of sp³-hybridized carbons (Fsp3) is 0.276. The van der Waals surface area contributed by atoms with Crippen LogP contribution in [0.3, 0.4) is 0 Å². The van der Waals surface area contributed by atoms with Crippen molar-refractivity contribution in [3.05, 3.63) is 101 Å². The molecule has 3 aromatic heterocycles. The smallest absolute Gasteiger partial charge is 0.407 e. The maximum atomic E-state index is 14.5. The molecule has 0 saturated heterocycles. The number of nitrogens with zero attached hydrogens (tertiary/aromatic N) is 4. The van der Waals surface area contributed by atoms with Crippen LogP contribution in [0, 0.1) is 11.8 Å². The Labute approximate surface area is 236 Å². The molecule has 0 radical (unpaired) electrons. The van der Waals surface area contributed by atoms with E-state index < -0.39 is 17.6 Å². The number of aromatic nitrogens is 4. The molecule has 1 aromatic carbocycles. The summed E-state index contributed by atoms with van der Waals surface area (Å²) in [6, 6.07) is 12.9. The Morgan fingerprint density at radius 2 is 1.83 bits per heavy atom. The lowest BCUT2D eigenvalue weighted by atomic mass is 10.1. The molecule has 0 saturated carbocycles. The highest BCUT2D eigenvalue weighted by Crippen LogP contribution is 2.20. The second kappa shape index (κ2) is 13.0. The maximum Gasteiger partial charge on any atom is 0.407 e. The minimum atomic E-state index is -0.725. The minimum absolute atomic E-state index is 0.135. The third kappa shape index (κ3) is 8.56. The molecule has 0 aliphatic rings. The number of rotatable bonds is 10. The number of hydrogen-bond donors (Lipinski definition) is 3. The van der Waals surface area contributed by atoms with Gasteiger partial charge in [0.25, 0.3) is 5.91 Å². The molecular weight excluding hydrogens is 532 g/mol. The van der Waals surface area contributed by atoms with Crippen LogP contribution in [-0.4, -0.2) is 44.0 Å². The molecule has 0 spiro atoms. The molecule has 4 rings (SSSR count). The molecule has 214 valence electrons. The SMILES string of the molecule is CC(C)(C)OC(=O)NCc1ncccc1CNC(=O)c1ccc(-c2cn(NCCc3cccc(F)c3)nc2F)nc1. The first-order valence-corrected chi connectivity index (χ1v) is 12.9. The van der Waals surface area contributed by atoms with Crippen molar-refractivity contribution >= 4 is 12.0 Å². The molecule has 0 aliphatic carbocycles. The average molecular weight is 564 g/mol. The standard InChI is InChI=1S/C29H31F2N7O3/c1-29(2,3)41-28(40)35-17-25-20(7-5-12-32-25)15-34-27(39)21-9-10-24(33-16-21)23-18-38(37-26(23)31)36-13-11-19-6-4-8-22(30)14-19/h4-10,12,14,16,18,36H,11,13,15,17H2,1-3H3,(H,34,39)(H,35,40). The Bertz CT molecular complexity index is 1500. The predicted octanol–water partition coefficient (Wildman–Crippen LogP) is 4.36. The molecule has 0 unspecified atom stereocenters. The van der Waals surface area contributed by atoms with E-state index in [-0.39, 0.29) is 35.9 Å². The normalized spacial score (nSPS) is 11.1. The van der Waals surface area contributed by atoms with Gasteiger partial charge in [-0.05, 0) is 68.7 Å². The van der Waals surface area contributed by atoms with Gasteiger partial charge >= 0.3 is 6.09 Å². The summed E-state index contributed by atoms with van der Waals surface area (Å²) in [6.07, 6.45) is 4.37. The van der Waals surface area contributed by atoms with Crippen molar-refractivity contribution in [1.29, 1.82) is 0 Å². The van der Waals surface area contributed by atoms with Crippen LogP contribution in [0.2, 0.25) is 0 Å². The molecule has 0 bridgehead atoms. The zero-order valence-electron chi connectivity index (χ0n) is 22.9. The van der Waals surface area contributed by atoms with E-state index in [0.717, 1.165) is 11.1 Å². The van der Waals surface area contributed by atoms with Gasteiger partial charge in [-0.15, -0.1) is 5.10 Å². The molecule has 0 atom stereocenters. The number of pyridine rings is 2. The summed E-state index contributed by atoms with van der Waals surface area (Å²) in [4.78, 5) is 34.5. The van der Waals surface area contributed by atoms with Crippen LogP contribution in [0.4, 0.5) is 13.6 Å². The molecule has 12 heteroatoms. The number of benzene rings is 1. The first-order valence-electron chi connectivity index (χ1n) is 12.9. The quantitative estimate of drug-likeness (QED) is 0.262. The van der Waals surface area contributed by atoms with Gasteiger partial charge in [0.05, 0.1) is 35.3 Å². The summed E-state index contributed by atoms with van der Waals surface area (Å²) in [7, 11) is 0. The van der Waals surface area contributed by atoms with Crippen molar-refractivity contribution in [3.63, 3.8) is 0 Å². The molecule has 0 aliphatic heterocycles. The Balaban J connectivity index is 1.31. The topological polar surface area (TPSA) is 123 Å². The number of carbonyl (C=O) groups is 2. The van der Waals surface area contributed by atoms with Crippen molar-refractivity contribution in [2.24, 2.45) is 0 Å². The minimum Gasteiger partial charge on any atom is -0.444 e. The molecule has 41 heavy (non-hydrogen) atoms. The second-order valence-corrected chi connectivity index (χ2v) is 10.1. The van der Waals surface area contributed by atoms with Crippen molar-refractivity contribution in [2.75, 3.05) is 12.0 Å². The predicted molar refractivity (Wildman–Crippen MR) is 148 cm³/mol. The summed E-state index contributed by atoms with van der Waals surface area (Å²) in [5.41, 5.74) is 5.19. The summed E-state index contributed by atoms with van der Waals surface area (Å²) in [6.45, 7) is 6.03.